The number of rotatable bonds is 4. The zero-order chi connectivity index (χ0) is 36.3. The summed E-state index contributed by atoms with van der Waals surface area (Å²) in [7, 11) is 0. The summed E-state index contributed by atoms with van der Waals surface area (Å²) >= 11 is 0. The minimum atomic E-state index is -1.41. The second-order valence-corrected chi connectivity index (χ2v) is 7.87. The lowest BCUT2D eigenvalue weighted by Gasteiger charge is -2.24. The molecule has 2 heterocycles. The fourth-order valence-electron chi connectivity index (χ4n) is 4.42. The van der Waals surface area contributed by atoms with Crippen LogP contribution in [0.2, 0.25) is 0 Å². The molecule has 1 aliphatic carbocycles. The fraction of sp³-hybridized carbons (Fsp3) is 0.500. The van der Waals surface area contributed by atoms with Crippen LogP contribution in [0.25, 0.3) is 10.9 Å². The van der Waals surface area contributed by atoms with Crippen LogP contribution in [-0.4, -0.2) is 40.9 Å². The molecule has 0 radical (unpaired) electrons. The monoisotopic (exact) mass is 715 g/mol. The number of anilines is 1. The first-order valence-corrected chi connectivity index (χ1v) is 10.6. The van der Waals surface area contributed by atoms with Gasteiger partial charge in [-0.2, -0.15) is 0 Å². The van der Waals surface area contributed by atoms with E-state index in [0.717, 1.165) is 12.5 Å². The fourth-order valence-corrected chi connectivity index (χ4v) is 4.42. The van der Waals surface area contributed by atoms with E-state index in [1.165, 1.54) is 10.8 Å². The molecule has 2 aliphatic rings. The molecule has 6 nitrogen and oxygen atoms in total. The highest BCUT2D eigenvalue weighted by Crippen LogP contribution is 2.43. The first-order chi connectivity index (χ1) is 21.2. The number of hydrogen-bond acceptors (Lipinski definition) is 4. The molecule has 270 valence electrons. The Morgan fingerprint density at radius 2 is 1.33 bits per heavy atom. The van der Waals surface area contributed by atoms with Crippen molar-refractivity contribution in [2.75, 3.05) is 18.0 Å². The lowest BCUT2D eigenvalue weighted by molar-refractivity contribution is 0.0694. The van der Waals surface area contributed by atoms with Gasteiger partial charge >= 0.3 is 5.97 Å². The highest BCUT2D eigenvalue weighted by molar-refractivity contribution is 5.95. The molecule has 1 aromatic carbocycles. The van der Waals surface area contributed by atoms with Crippen LogP contribution in [0.3, 0.4) is 0 Å². The first-order valence-electron chi connectivity index (χ1n) is 10.6. The second kappa shape index (κ2) is 31.7. The summed E-state index contributed by atoms with van der Waals surface area (Å²) in [5.41, 5.74) is 6.20. The Kier molecular flexibility index (Phi) is 38.0. The Morgan fingerprint density at radius 3 is 1.67 bits per heavy atom. The van der Waals surface area contributed by atoms with E-state index in [1.54, 1.807) is 6.92 Å². The third-order valence-electron chi connectivity index (χ3n) is 6.08. The van der Waals surface area contributed by atoms with E-state index >= 15 is 4.39 Å². The van der Waals surface area contributed by atoms with Crippen LogP contribution >= 0.6 is 0 Å². The number of pyridine rings is 1. The Bertz CT molecular complexity index is 1070. The number of nitrogens with zero attached hydrogens (tertiary/aromatic N) is 2. The lowest BCUT2D eigenvalue weighted by Crippen LogP contribution is -2.30. The van der Waals surface area contributed by atoms with Gasteiger partial charge in [0.25, 0.3) is 0 Å². The lowest BCUT2D eigenvalue weighted by atomic mass is 10.0. The van der Waals surface area contributed by atoms with Crippen molar-refractivity contribution in [3.8, 4) is 0 Å². The van der Waals surface area contributed by atoms with Gasteiger partial charge in [-0.25, -0.2) is 13.6 Å². The molecule has 0 spiro atoms. The van der Waals surface area contributed by atoms with Crippen LogP contribution in [-0.2, 0) is 0 Å². The van der Waals surface area contributed by atoms with Gasteiger partial charge in [-0.1, -0.05) is 13.3 Å². The van der Waals surface area contributed by atoms with Gasteiger partial charge < -0.3 is 20.3 Å². The molecule has 4 atom stereocenters. The van der Waals surface area contributed by atoms with Crippen LogP contribution in [0.4, 0.5) is 92.4 Å². The molecule has 4 rings (SSSR count). The van der Waals surface area contributed by atoms with E-state index < -0.39 is 35.0 Å². The minimum absolute atomic E-state index is 0. The number of halogens is 19. The summed E-state index contributed by atoms with van der Waals surface area (Å²) in [6, 6.07) is 0.473. The van der Waals surface area contributed by atoms with Gasteiger partial charge in [0.2, 0.25) is 5.43 Å². The number of benzene rings is 1. The van der Waals surface area contributed by atoms with E-state index in [0.29, 0.717) is 29.9 Å². The molecule has 1 aromatic heterocycles. The van der Waals surface area contributed by atoms with Gasteiger partial charge in [-0.3, -0.25) is 9.50 Å². The van der Waals surface area contributed by atoms with Crippen molar-refractivity contribution in [1.82, 2.24) is 4.57 Å². The molecule has 1 saturated heterocycles. The summed E-state index contributed by atoms with van der Waals surface area (Å²) in [5.74, 6) is -1.76. The van der Waals surface area contributed by atoms with Crippen LogP contribution in [0, 0.1) is 18.7 Å². The number of nitrogens with two attached hydrogens (primary N) is 1. The summed E-state index contributed by atoms with van der Waals surface area (Å²) in [4.78, 5) is 26.0. The van der Waals surface area contributed by atoms with E-state index in [1.807, 2.05) is 11.8 Å². The van der Waals surface area contributed by atoms with E-state index in [4.69, 9.17) is 78.9 Å². The van der Waals surface area contributed by atoms with Gasteiger partial charge in [-0.15, -0.1) is 0 Å². The number of alkyl halides is 1. The Hall–Kier alpha value is -3.67. The normalized spacial score (nSPS) is 17.8. The topological polar surface area (TPSA) is 88.6 Å². The minimum Gasteiger partial charge on any atom is -0.477 e. The summed E-state index contributed by atoms with van der Waals surface area (Å²) in [5, 5.41) is 9.31. The van der Waals surface area contributed by atoms with Crippen molar-refractivity contribution in [1.29, 1.82) is 0 Å². The maximum absolute atomic E-state index is 15.1. The van der Waals surface area contributed by atoms with E-state index in [9.17, 15) is 19.1 Å². The molecule has 45 heavy (non-hydrogen) atoms. The van der Waals surface area contributed by atoms with Gasteiger partial charge in [0.05, 0.1) is 17.2 Å². The van der Waals surface area contributed by atoms with Crippen molar-refractivity contribution < 1.29 is 96.6 Å². The third kappa shape index (κ3) is 14.3. The number of aryl methyl sites for hydroxylation is 1. The zero-order valence-electron chi connectivity index (χ0n) is 22.2. The number of fused-ring (bicyclic) bond motifs is 1. The van der Waals surface area contributed by atoms with E-state index in [2.05, 4.69) is 0 Å². The molecule has 0 bridgehead atoms. The van der Waals surface area contributed by atoms with Crippen LogP contribution in [0.5, 0.6) is 0 Å². The van der Waals surface area contributed by atoms with Crippen molar-refractivity contribution in [3.63, 3.8) is 0 Å². The van der Waals surface area contributed by atoms with Crippen LogP contribution in [0.15, 0.2) is 17.1 Å². The molecule has 2 aromatic rings. The predicted octanol–water partition coefficient (Wildman–Crippen LogP) is 9.48. The second-order valence-electron chi connectivity index (χ2n) is 7.87. The molecule has 0 unspecified atom stereocenters. The number of hydrogen-bond donors (Lipinski definition) is 2. The molecule has 25 heteroatoms. The maximum atomic E-state index is 15.1. The number of carboxylic acid groups (broad SMARTS) is 1. The highest BCUT2D eigenvalue weighted by Gasteiger charge is 2.41. The molecule has 1 aliphatic heterocycles. The molecule has 0 amide bonds. The van der Waals surface area contributed by atoms with Crippen molar-refractivity contribution in [2.24, 2.45) is 11.7 Å². The number of carbonyl (C=O) groups is 1. The smallest absolute Gasteiger partial charge is 0.341 e. The number of carboxylic acids is 1. The number of aromatic carboxylic acids is 1. The van der Waals surface area contributed by atoms with Crippen molar-refractivity contribution in [2.45, 2.75) is 44.9 Å². The predicted molar refractivity (Wildman–Crippen MR) is 123 cm³/mol. The SMILES string of the molecule is CC[C@H]1CN(c2c(F)cc3c(=O)c(C(=O)O)cn([C@@H]4C[C@@H]4F)c3c2C)C[C@H]1N.F.FF.FF.FF.FF.FF.FF.FF.FF. The Balaban J connectivity index is -0.000000196. The van der Waals surface area contributed by atoms with Crippen LogP contribution < -0.4 is 16.1 Å². The Labute approximate surface area is 238 Å². The van der Waals surface area contributed by atoms with Gasteiger partial charge in [0.15, 0.2) is 0 Å². The quantitative estimate of drug-likeness (QED) is 0.308. The van der Waals surface area contributed by atoms with Gasteiger partial charge in [0, 0.05) is 110 Å². The Morgan fingerprint density at radius 1 is 0.911 bits per heavy atom. The molecular weight excluding hydrogens is 691 g/mol. The van der Waals surface area contributed by atoms with E-state index in [-0.39, 0.29) is 28.5 Å². The summed E-state index contributed by atoms with van der Waals surface area (Å²) in [6.07, 6.45) is 1.21. The molecule has 2 fully saturated rings. The maximum Gasteiger partial charge on any atom is 0.341 e. The molecular formula is C20H24F19N3O3. The molecule has 1 saturated carbocycles. The van der Waals surface area contributed by atoms with Crippen molar-refractivity contribution >= 4 is 22.6 Å². The van der Waals surface area contributed by atoms with Crippen molar-refractivity contribution in [3.05, 3.63) is 39.4 Å². The summed E-state index contributed by atoms with van der Waals surface area (Å²) < 4.78 is 158. The average molecular weight is 715 g/mol. The number of aromatic nitrogens is 1. The standard InChI is InChI=1S/C20H23F2N3O3.8F2.FH/c1-3-10-6-24(8-15(10)23)18-9(2)17-11(4-14(18)22)19(26)12(20(27)28)7-25(17)16-5-13(16)21;8*1-2;/h4,7,10,13,15-16H,3,5-6,8,23H2,1-2H3,(H,27,28);;;;;;;;;1H/t10-,13-,15+,16+;;;;;;;;;/m0........./s1. The first kappa shape index (κ1) is 53.9. The summed E-state index contributed by atoms with van der Waals surface area (Å²) in [6.45, 7) is 4.83. The zero-order valence-corrected chi connectivity index (χ0v) is 22.2. The van der Waals surface area contributed by atoms with Gasteiger partial charge in [-0.05, 0) is 24.5 Å². The highest BCUT2D eigenvalue weighted by atomic mass is 20.0. The van der Waals surface area contributed by atoms with Crippen LogP contribution in [0.1, 0.15) is 41.7 Å². The van der Waals surface area contributed by atoms with Gasteiger partial charge in [0.1, 0.15) is 17.6 Å². The largest absolute Gasteiger partial charge is 0.477 e. The average Bonchev–Trinajstić information content (AvgIpc) is 3.71. The third-order valence-corrected chi connectivity index (χ3v) is 6.08. The molecule has 3 N–H and O–H groups in total.